The maximum Gasteiger partial charge on any atom is 0.328 e. The van der Waals surface area contributed by atoms with Crippen LogP contribution in [-0.4, -0.2) is 22.4 Å². The van der Waals surface area contributed by atoms with E-state index in [4.69, 9.17) is 23.2 Å². The Morgan fingerprint density at radius 1 is 0.765 bits per heavy atom. The van der Waals surface area contributed by atoms with Gasteiger partial charge in [-0.1, -0.05) is 40.9 Å². The van der Waals surface area contributed by atoms with Crippen LogP contribution in [-0.2, 0) is 9.59 Å². The van der Waals surface area contributed by atoms with Gasteiger partial charge in [-0.2, -0.15) is 0 Å². The van der Waals surface area contributed by atoms with Crippen molar-refractivity contribution in [3.8, 4) is 0 Å². The van der Waals surface area contributed by atoms with Crippen LogP contribution in [0.3, 0.4) is 0 Å². The molecule has 0 unspecified atom stereocenters. The van der Waals surface area contributed by atoms with Gasteiger partial charge < -0.3 is 10.6 Å². The van der Waals surface area contributed by atoms with Crippen molar-refractivity contribution < 1.29 is 14.4 Å². The molecule has 0 spiro atoms. The largest absolute Gasteiger partial charge is 0.328 e. The number of aromatic nitrogens is 1. The minimum absolute atomic E-state index is 0.111. The first-order valence-electron chi connectivity index (χ1n) is 10.3. The van der Waals surface area contributed by atoms with Crippen LogP contribution in [0.15, 0.2) is 66.7 Å². The predicted molar refractivity (Wildman–Crippen MR) is 135 cm³/mol. The number of anilines is 2. The molecule has 4 rings (SSSR count). The zero-order valence-electron chi connectivity index (χ0n) is 18.3. The molecule has 0 saturated heterocycles. The number of hydrogen-bond acceptors (Lipinski definition) is 3. The quantitative estimate of drug-likeness (QED) is 0.326. The van der Waals surface area contributed by atoms with E-state index >= 15 is 0 Å². The Morgan fingerprint density at radius 3 is 2.18 bits per heavy atom. The summed E-state index contributed by atoms with van der Waals surface area (Å²) in [7, 11) is 0. The first kappa shape index (κ1) is 23.4. The molecule has 0 bridgehead atoms. The number of aryl methyl sites for hydroxylation is 2. The number of halogens is 2. The zero-order valence-corrected chi connectivity index (χ0v) is 19.8. The first-order valence-corrected chi connectivity index (χ1v) is 11.0. The molecular weight excluding hydrogens is 475 g/mol. The van der Waals surface area contributed by atoms with E-state index in [0.29, 0.717) is 32.3 Å². The monoisotopic (exact) mass is 494 g/mol. The number of nitrogens with one attached hydrogen (secondary N) is 3. The number of benzene rings is 3. The van der Waals surface area contributed by atoms with E-state index in [2.05, 4.69) is 16.1 Å². The van der Waals surface area contributed by atoms with Crippen molar-refractivity contribution >= 4 is 63.2 Å². The summed E-state index contributed by atoms with van der Waals surface area (Å²) in [5.74, 6) is -2.30. The van der Waals surface area contributed by atoms with Gasteiger partial charge in [0.15, 0.2) is 0 Å². The Hall–Kier alpha value is -3.81. The second-order valence-corrected chi connectivity index (χ2v) is 8.62. The summed E-state index contributed by atoms with van der Waals surface area (Å²) in [4.78, 5) is 38.4. The fourth-order valence-corrected chi connectivity index (χ4v) is 3.79. The van der Waals surface area contributed by atoms with Gasteiger partial charge in [-0.05, 0) is 74.0 Å². The molecule has 172 valence electrons. The third-order valence-corrected chi connectivity index (χ3v) is 5.64. The highest BCUT2D eigenvalue weighted by Crippen LogP contribution is 2.24. The number of hydrogen-bond donors (Lipinski definition) is 3. The van der Waals surface area contributed by atoms with Crippen LogP contribution in [0.25, 0.3) is 10.9 Å². The van der Waals surface area contributed by atoms with E-state index < -0.39 is 17.7 Å². The Labute approximate surface area is 205 Å². The van der Waals surface area contributed by atoms with Gasteiger partial charge in [0.25, 0.3) is 5.91 Å². The average Bonchev–Trinajstić information content (AvgIpc) is 3.14. The summed E-state index contributed by atoms with van der Waals surface area (Å²) in [6.45, 7) is 3.77. The van der Waals surface area contributed by atoms with Gasteiger partial charge in [0, 0.05) is 26.8 Å². The molecule has 0 aliphatic heterocycles. The molecule has 1 aromatic heterocycles. The number of carbonyl (C=O) groups is 3. The van der Waals surface area contributed by atoms with Crippen molar-refractivity contribution in [2.75, 3.05) is 16.1 Å². The molecule has 1 heterocycles. The van der Waals surface area contributed by atoms with Crippen LogP contribution in [0.4, 0.5) is 11.4 Å². The maximum absolute atomic E-state index is 13.0. The number of rotatable bonds is 4. The Bertz CT molecular complexity index is 1430. The Morgan fingerprint density at radius 2 is 1.47 bits per heavy atom. The lowest BCUT2D eigenvalue weighted by Crippen LogP contribution is -2.36. The normalized spacial score (nSPS) is 10.7. The van der Waals surface area contributed by atoms with Crippen LogP contribution >= 0.6 is 23.2 Å². The van der Waals surface area contributed by atoms with Crippen molar-refractivity contribution in [1.82, 2.24) is 4.68 Å². The van der Waals surface area contributed by atoms with E-state index in [9.17, 15) is 14.4 Å². The van der Waals surface area contributed by atoms with Gasteiger partial charge in [-0.3, -0.25) is 19.8 Å². The topological polar surface area (TPSA) is 92.2 Å². The van der Waals surface area contributed by atoms with Gasteiger partial charge in [0.05, 0.1) is 5.52 Å². The minimum atomic E-state index is -0.937. The molecule has 0 saturated carbocycles. The van der Waals surface area contributed by atoms with E-state index in [0.717, 1.165) is 11.1 Å². The molecule has 7 nitrogen and oxygen atoms in total. The summed E-state index contributed by atoms with van der Waals surface area (Å²) in [5.41, 5.74) is 6.03. The molecule has 0 atom stereocenters. The fourth-order valence-electron chi connectivity index (χ4n) is 3.49. The van der Waals surface area contributed by atoms with Crippen LogP contribution in [0.5, 0.6) is 0 Å². The molecule has 34 heavy (non-hydrogen) atoms. The van der Waals surface area contributed by atoms with Gasteiger partial charge in [0.2, 0.25) is 0 Å². The summed E-state index contributed by atoms with van der Waals surface area (Å²) >= 11 is 12.0. The van der Waals surface area contributed by atoms with Crippen molar-refractivity contribution in [1.29, 1.82) is 0 Å². The molecule has 3 N–H and O–H groups in total. The van der Waals surface area contributed by atoms with Gasteiger partial charge >= 0.3 is 11.8 Å². The van der Waals surface area contributed by atoms with Crippen LogP contribution in [0.2, 0.25) is 10.0 Å². The summed E-state index contributed by atoms with van der Waals surface area (Å²) in [5, 5.41) is 6.97. The van der Waals surface area contributed by atoms with Gasteiger partial charge in [0.1, 0.15) is 5.69 Å². The van der Waals surface area contributed by atoms with E-state index in [1.165, 1.54) is 4.68 Å². The summed E-state index contributed by atoms with van der Waals surface area (Å²) < 4.78 is 1.26. The average molecular weight is 495 g/mol. The number of fused-ring (bicyclic) bond motifs is 1. The lowest BCUT2D eigenvalue weighted by molar-refractivity contribution is -0.133. The van der Waals surface area contributed by atoms with E-state index in [1.807, 2.05) is 26.0 Å². The molecule has 9 heteroatoms. The van der Waals surface area contributed by atoms with Gasteiger partial charge in [-0.25, -0.2) is 4.68 Å². The molecule has 0 fully saturated rings. The Kier molecular flexibility index (Phi) is 6.58. The molecule has 0 aliphatic rings. The molecule has 0 aliphatic carbocycles. The van der Waals surface area contributed by atoms with Crippen molar-refractivity contribution in [3.63, 3.8) is 0 Å². The third-order valence-electron chi connectivity index (χ3n) is 5.15. The molecule has 4 aromatic rings. The van der Waals surface area contributed by atoms with Crippen LogP contribution in [0, 0.1) is 13.8 Å². The fraction of sp³-hybridized carbons (Fsp3) is 0.0800. The number of nitrogens with zero attached hydrogens (tertiary/aromatic N) is 1. The van der Waals surface area contributed by atoms with E-state index in [-0.39, 0.29) is 5.69 Å². The molecule has 3 aromatic carbocycles. The highest BCUT2D eigenvalue weighted by atomic mass is 35.5. The van der Waals surface area contributed by atoms with Crippen molar-refractivity contribution in [3.05, 3.63) is 93.6 Å². The number of amides is 3. The molecule has 0 radical (unpaired) electrons. The van der Waals surface area contributed by atoms with Crippen LogP contribution < -0.4 is 16.1 Å². The predicted octanol–water partition coefficient (Wildman–Crippen LogP) is 5.53. The Balaban J connectivity index is 1.62. The summed E-state index contributed by atoms with van der Waals surface area (Å²) in [6, 6.07) is 18.6. The molecule has 3 amide bonds. The van der Waals surface area contributed by atoms with Crippen molar-refractivity contribution in [2.24, 2.45) is 0 Å². The highest BCUT2D eigenvalue weighted by Gasteiger charge is 2.21. The highest BCUT2D eigenvalue weighted by molar-refractivity contribution is 6.42. The minimum Gasteiger partial charge on any atom is -0.321 e. The second-order valence-electron chi connectivity index (χ2n) is 7.74. The first-order chi connectivity index (χ1) is 16.2. The van der Waals surface area contributed by atoms with Crippen molar-refractivity contribution in [2.45, 2.75) is 13.8 Å². The zero-order chi connectivity index (χ0) is 24.4. The standard InChI is InChI=1S/C25H20Cl2N4O3/c1-14-3-9-20(15(2)11-14)29-24(33)25(34)30-31-21-10-6-18(27)12-16(21)13-22(31)23(32)28-19-7-4-17(26)5-8-19/h3-13H,1-2H3,(H,28,32)(H,29,33)(H,30,34). The summed E-state index contributed by atoms with van der Waals surface area (Å²) in [6.07, 6.45) is 0. The lowest BCUT2D eigenvalue weighted by Gasteiger charge is -2.13. The SMILES string of the molecule is Cc1ccc(NC(=O)C(=O)Nn2c(C(=O)Nc3ccc(Cl)cc3)cc3cc(Cl)ccc32)c(C)c1. The van der Waals surface area contributed by atoms with E-state index in [1.54, 1.807) is 54.6 Å². The van der Waals surface area contributed by atoms with Crippen LogP contribution in [0.1, 0.15) is 21.6 Å². The smallest absolute Gasteiger partial charge is 0.321 e. The van der Waals surface area contributed by atoms with Gasteiger partial charge in [-0.15, -0.1) is 0 Å². The second kappa shape index (κ2) is 9.59. The lowest BCUT2D eigenvalue weighted by atomic mass is 10.1. The molecular formula is C25H20Cl2N4O3. The maximum atomic E-state index is 13.0. The third kappa shape index (κ3) is 5.06. The number of carbonyl (C=O) groups excluding carboxylic acids is 3.